The second kappa shape index (κ2) is 12.3. The lowest BCUT2D eigenvalue weighted by molar-refractivity contribution is -0.672. The molecule has 1 heterocycles. The highest BCUT2D eigenvalue weighted by Crippen LogP contribution is 2.39. The Morgan fingerprint density at radius 1 is 1.05 bits per heavy atom. The summed E-state index contributed by atoms with van der Waals surface area (Å²) in [5, 5.41) is 2.87. The largest absolute Gasteiger partial charge is 0.494 e. The Hall–Kier alpha value is -3.98. The zero-order valence-corrected chi connectivity index (χ0v) is 21.6. The highest BCUT2D eigenvalue weighted by molar-refractivity contribution is 7.74. The number of rotatable bonds is 11. The molecule has 0 aromatic heterocycles. The summed E-state index contributed by atoms with van der Waals surface area (Å²) in [4.78, 5) is 25.0. The number of methoxy groups -OCH3 is 2. The van der Waals surface area contributed by atoms with E-state index in [9.17, 15) is 9.59 Å². The molecule has 0 bridgehead atoms. The number of benzene rings is 3. The number of anilines is 1. The number of ether oxygens (including phenoxy) is 3. The molecule has 9 heteroatoms. The Morgan fingerprint density at radius 3 is 2.59 bits per heavy atom. The summed E-state index contributed by atoms with van der Waals surface area (Å²) in [5.74, 6) is 1.30. The summed E-state index contributed by atoms with van der Waals surface area (Å²) in [7, 11) is 3.01. The van der Waals surface area contributed by atoms with Crippen LogP contribution in [0.2, 0.25) is 0 Å². The van der Waals surface area contributed by atoms with Crippen LogP contribution in [0.4, 0.5) is 11.4 Å². The number of nitrogens with zero attached hydrogens (tertiary/aromatic N) is 1. The standard InChI is InChI=1S/C28H28N2O6S/c1-33-24-14-13-23(26(28(24)34-2)27(32)19-8-4-3-5-9-19)30(36-37)16-6-7-17-35-21-11-12-22-20(18-21)10-15-25(31)29-22/h3-5,8-9,11-14,16,18H,6-7,10,15,17H2,1-2H3,(H-,29,31,37)/p+1. The van der Waals surface area contributed by atoms with Crippen molar-refractivity contribution in [3.8, 4) is 17.2 Å². The Labute approximate surface area is 221 Å². The van der Waals surface area contributed by atoms with E-state index in [1.807, 2.05) is 24.3 Å². The molecule has 0 saturated heterocycles. The number of carbonyl (C=O) groups is 2. The molecule has 3 aromatic rings. The van der Waals surface area contributed by atoms with Gasteiger partial charge in [-0.1, -0.05) is 30.3 Å². The minimum atomic E-state index is -0.234. The number of unbranched alkanes of at least 4 members (excludes halogenated alkanes) is 1. The fourth-order valence-electron chi connectivity index (χ4n) is 4.16. The predicted octanol–water partition coefficient (Wildman–Crippen LogP) is 5.17. The number of ketones is 1. The molecule has 8 nitrogen and oxygen atoms in total. The number of thiol groups is 1. The Balaban J connectivity index is 1.49. The van der Waals surface area contributed by atoms with Gasteiger partial charge in [-0.05, 0) is 42.7 Å². The number of hydrogen-bond acceptors (Lipinski definition) is 7. The summed E-state index contributed by atoms with van der Waals surface area (Å²) in [6.45, 7) is 0.476. The first-order valence-corrected chi connectivity index (χ1v) is 12.3. The summed E-state index contributed by atoms with van der Waals surface area (Å²) >= 11 is 4.03. The van der Waals surface area contributed by atoms with Crippen LogP contribution in [0.5, 0.6) is 17.2 Å². The summed E-state index contributed by atoms with van der Waals surface area (Å²) in [6.07, 6.45) is 4.26. The molecule has 0 unspecified atom stereocenters. The van der Waals surface area contributed by atoms with Crippen molar-refractivity contribution in [2.45, 2.75) is 25.7 Å². The van der Waals surface area contributed by atoms with E-state index in [2.05, 4.69) is 18.2 Å². The first-order valence-electron chi connectivity index (χ1n) is 11.9. The molecular weight excluding hydrogens is 492 g/mol. The number of aryl methyl sites for hydroxylation is 1. The fourth-order valence-corrected chi connectivity index (χ4v) is 4.32. The maximum atomic E-state index is 13.5. The molecule has 0 radical (unpaired) electrons. The van der Waals surface area contributed by atoms with Crippen molar-refractivity contribution < 1.29 is 32.8 Å². The minimum Gasteiger partial charge on any atom is -0.494 e. The lowest BCUT2D eigenvalue weighted by Crippen LogP contribution is -2.18. The van der Waals surface area contributed by atoms with Gasteiger partial charge in [0, 0.05) is 34.9 Å². The first-order chi connectivity index (χ1) is 18.0. The van der Waals surface area contributed by atoms with E-state index in [1.54, 1.807) is 42.6 Å². The average Bonchev–Trinajstić information content (AvgIpc) is 2.94. The molecule has 0 spiro atoms. The van der Waals surface area contributed by atoms with Gasteiger partial charge in [-0.3, -0.25) is 9.59 Å². The van der Waals surface area contributed by atoms with Crippen molar-refractivity contribution in [1.29, 1.82) is 0 Å². The van der Waals surface area contributed by atoms with E-state index in [1.165, 1.54) is 19.0 Å². The Kier molecular flexibility index (Phi) is 8.68. The monoisotopic (exact) mass is 521 g/mol. The normalized spacial score (nSPS) is 12.8. The number of nitrogens with one attached hydrogen (secondary N) is 1. The molecule has 1 aliphatic rings. The van der Waals surface area contributed by atoms with Gasteiger partial charge < -0.3 is 19.5 Å². The number of hydrogen-bond donors (Lipinski definition) is 2. The maximum Gasteiger partial charge on any atom is 0.273 e. The summed E-state index contributed by atoms with van der Waals surface area (Å²) in [6, 6.07) is 18.1. The van der Waals surface area contributed by atoms with Crippen LogP contribution in [0.3, 0.4) is 0 Å². The molecular formula is C28H29N2O6S+. The van der Waals surface area contributed by atoms with Gasteiger partial charge in [0.2, 0.25) is 17.9 Å². The van der Waals surface area contributed by atoms with E-state index in [0.29, 0.717) is 60.6 Å². The number of amides is 1. The molecule has 0 atom stereocenters. The molecule has 1 aliphatic heterocycles. The van der Waals surface area contributed by atoms with Gasteiger partial charge in [0.15, 0.2) is 11.5 Å². The van der Waals surface area contributed by atoms with Gasteiger partial charge in [-0.25, -0.2) is 0 Å². The zero-order valence-electron chi connectivity index (χ0n) is 20.7. The van der Waals surface area contributed by atoms with Crippen LogP contribution in [0.15, 0.2) is 60.7 Å². The Bertz CT molecular complexity index is 1310. The van der Waals surface area contributed by atoms with Crippen molar-refractivity contribution in [1.82, 2.24) is 0 Å². The lowest BCUT2D eigenvalue weighted by atomic mass is 10.00. The van der Waals surface area contributed by atoms with Gasteiger partial charge >= 0.3 is 0 Å². The lowest BCUT2D eigenvalue weighted by Gasteiger charge is -2.17. The molecule has 1 amide bonds. The third-order valence-corrected chi connectivity index (χ3v) is 6.17. The number of carbonyl (C=O) groups excluding carboxylic acids is 2. The van der Waals surface area contributed by atoms with Crippen LogP contribution in [0, 0.1) is 0 Å². The minimum absolute atomic E-state index is 0.0378. The smallest absolute Gasteiger partial charge is 0.273 e. The van der Waals surface area contributed by atoms with Crippen molar-refractivity contribution in [2.75, 3.05) is 26.1 Å². The first kappa shape index (κ1) is 26.1. The third-order valence-electron chi connectivity index (χ3n) is 6.00. The van der Waals surface area contributed by atoms with E-state index >= 15 is 0 Å². The molecule has 192 valence electrons. The van der Waals surface area contributed by atoms with Gasteiger partial charge in [0.1, 0.15) is 24.2 Å². The second-order valence-electron chi connectivity index (χ2n) is 8.34. The topological polar surface area (TPSA) is 86.1 Å². The van der Waals surface area contributed by atoms with Crippen LogP contribution in [-0.4, -0.2) is 43.5 Å². The van der Waals surface area contributed by atoms with Crippen molar-refractivity contribution in [2.24, 2.45) is 0 Å². The molecule has 1 N–H and O–H groups in total. The summed E-state index contributed by atoms with van der Waals surface area (Å²) < 4.78 is 23.7. The van der Waals surface area contributed by atoms with Gasteiger partial charge in [0.05, 0.1) is 20.8 Å². The van der Waals surface area contributed by atoms with Crippen LogP contribution >= 0.6 is 12.9 Å². The molecule has 0 aliphatic carbocycles. The van der Waals surface area contributed by atoms with Crippen molar-refractivity contribution >= 4 is 42.2 Å². The third kappa shape index (κ3) is 6.06. The van der Waals surface area contributed by atoms with Gasteiger partial charge in [-0.2, -0.15) is 4.28 Å². The van der Waals surface area contributed by atoms with Crippen LogP contribution < -0.4 is 19.5 Å². The molecule has 0 fully saturated rings. The molecule has 3 aromatic carbocycles. The maximum absolute atomic E-state index is 13.5. The van der Waals surface area contributed by atoms with Crippen LogP contribution in [-0.2, 0) is 15.5 Å². The van der Waals surface area contributed by atoms with E-state index in [0.717, 1.165) is 17.0 Å². The van der Waals surface area contributed by atoms with Gasteiger partial charge in [-0.15, -0.1) is 0 Å². The molecule has 37 heavy (non-hydrogen) atoms. The average molecular weight is 522 g/mol. The fraction of sp³-hybridized carbons (Fsp3) is 0.250. The number of fused-ring (bicyclic) bond motifs is 1. The van der Waals surface area contributed by atoms with E-state index in [4.69, 9.17) is 18.5 Å². The predicted molar refractivity (Wildman–Crippen MR) is 144 cm³/mol. The molecule has 0 saturated carbocycles. The van der Waals surface area contributed by atoms with Crippen molar-refractivity contribution in [3.63, 3.8) is 0 Å². The quantitative estimate of drug-likeness (QED) is 0.0689. The second-order valence-corrected chi connectivity index (χ2v) is 8.50. The zero-order chi connectivity index (χ0) is 26.2. The van der Waals surface area contributed by atoms with E-state index < -0.39 is 0 Å². The molecule has 4 rings (SSSR count). The summed E-state index contributed by atoms with van der Waals surface area (Å²) in [5.41, 5.74) is 3.19. The van der Waals surface area contributed by atoms with Crippen molar-refractivity contribution in [3.05, 3.63) is 77.4 Å². The van der Waals surface area contributed by atoms with Crippen LogP contribution in [0.25, 0.3) is 0 Å². The highest BCUT2D eigenvalue weighted by Gasteiger charge is 2.30. The van der Waals surface area contributed by atoms with Gasteiger partial charge in [0.25, 0.3) is 5.69 Å². The highest BCUT2D eigenvalue weighted by atomic mass is 32.1. The van der Waals surface area contributed by atoms with E-state index in [-0.39, 0.29) is 11.7 Å². The van der Waals surface area contributed by atoms with Crippen LogP contribution in [0.1, 0.15) is 40.7 Å². The Morgan fingerprint density at radius 2 is 1.86 bits per heavy atom. The SMILES string of the molecule is COc1ccc([N+](=CCCCOc2ccc3c(c2)CCC(=O)N3)OS)c(C(=O)c2ccccc2)c1OC.